The van der Waals surface area contributed by atoms with Gasteiger partial charge in [-0.1, -0.05) is 26.0 Å². The minimum absolute atomic E-state index is 0.00316. The van der Waals surface area contributed by atoms with Crippen molar-refractivity contribution < 1.29 is 9.66 Å². The number of anilines is 2. The second-order valence-corrected chi connectivity index (χ2v) is 7.27. The van der Waals surface area contributed by atoms with Crippen molar-refractivity contribution in [2.45, 2.75) is 27.3 Å². The molecular formula is C23H30N6O3. The molecule has 9 nitrogen and oxygen atoms in total. The number of nitro benzene ring substituents is 1. The quantitative estimate of drug-likeness (QED) is 0.318. The minimum atomic E-state index is -0.396. The summed E-state index contributed by atoms with van der Waals surface area (Å²) < 4.78 is 5.83. The molecule has 1 aromatic heterocycles. The molecule has 170 valence electrons. The summed E-state index contributed by atoms with van der Waals surface area (Å²) in [5, 5.41) is 18.4. The van der Waals surface area contributed by atoms with Crippen LogP contribution in [0.5, 0.6) is 5.75 Å². The average molecular weight is 439 g/mol. The second kappa shape index (κ2) is 11.2. The summed E-state index contributed by atoms with van der Waals surface area (Å²) in [4.78, 5) is 22.0. The van der Waals surface area contributed by atoms with Gasteiger partial charge in [0, 0.05) is 31.1 Å². The maximum atomic E-state index is 11.5. The van der Waals surface area contributed by atoms with E-state index in [2.05, 4.69) is 39.3 Å². The van der Waals surface area contributed by atoms with Crippen molar-refractivity contribution in [3.05, 3.63) is 58.4 Å². The maximum Gasteiger partial charge on any atom is 0.293 e. The molecular weight excluding hydrogens is 408 g/mol. The lowest BCUT2D eigenvalue weighted by molar-refractivity contribution is -0.383. The molecule has 0 unspecified atom stereocenters. The van der Waals surface area contributed by atoms with Crippen LogP contribution >= 0.6 is 0 Å². The SMILES string of the molecule is CCNc1cc2ncnc(NCc3ccc(OCCN(CC)CC)cc3)c2cc1[N+](=O)[O-]. The van der Waals surface area contributed by atoms with Crippen molar-refractivity contribution in [3.8, 4) is 5.75 Å². The molecule has 2 N–H and O–H groups in total. The Morgan fingerprint density at radius 3 is 2.47 bits per heavy atom. The average Bonchev–Trinajstić information content (AvgIpc) is 2.81. The van der Waals surface area contributed by atoms with E-state index in [0.717, 1.165) is 30.9 Å². The highest BCUT2D eigenvalue weighted by Crippen LogP contribution is 2.32. The van der Waals surface area contributed by atoms with Crippen molar-refractivity contribution in [1.29, 1.82) is 0 Å². The van der Waals surface area contributed by atoms with Gasteiger partial charge < -0.3 is 20.3 Å². The zero-order valence-electron chi connectivity index (χ0n) is 18.8. The van der Waals surface area contributed by atoms with Gasteiger partial charge in [0.2, 0.25) is 0 Å². The maximum absolute atomic E-state index is 11.5. The van der Waals surface area contributed by atoms with Crippen LogP contribution in [0.15, 0.2) is 42.7 Å². The Morgan fingerprint density at radius 1 is 1.06 bits per heavy atom. The number of hydrogen-bond donors (Lipinski definition) is 2. The first-order valence-electron chi connectivity index (χ1n) is 10.9. The van der Waals surface area contributed by atoms with Gasteiger partial charge in [0.05, 0.1) is 10.4 Å². The Hall–Kier alpha value is -3.46. The van der Waals surface area contributed by atoms with Gasteiger partial charge in [-0.3, -0.25) is 10.1 Å². The predicted molar refractivity (Wildman–Crippen MR) is 127 cm³/mol. The summed E-state index contributed by atoms with van der Waals surface area (Å²) in [5.41, 5.74) is 2.14. The van der Waals surface area contributed by atoms with E-state index in [1.165, 1.54) is 12.4 Å². The molecule has 3 aromatic rings. The van der Waals surface area contributed by atoms with Gasteiger partial charge in [0.15, 0.2) is 0 Å². The highest BCUT2D eigenvalue weighted by atomic mass is 16.6. The topological polar surface area (TPSA) is 105 Å². The van der Waals surface area contributed by atoms with Crippen LogP contribution in [0, 0.1) is 10.1 Å². The van der Waals surface area contributed by atoms with Gasteiger partial charge in [0.1, 0.15) is 30.2 Å². The Morgan fingerprint density at radius 2 is 1.81 bits per heavy atom. The minimum Gasteiger partial charge on any atom is -0.492 e. The Balaban J connectivity index is 1.68. The van der Waals surface area contributed by atoms with E-state index < -0.39 is 4.92 Å². The third-order valence-electron chi connectivity index (χ3n) is 5.27. The molecule has 2 aromatic carbocycles. The summed E-state index contributed by atoms with van der Waals surface area (Å²) in [5.74, 6) is 1.39. The van der Waals surface area contributed by atoms with Crippen molar-refractivity contribution in [1.82, 2.24) is 14.9 Å². The molecule has 0 saturated carbocycles. The van der Waals surface area contributed by atoms with Crippen molar-refractivity contribution >= 4 is 28.1 Å². The smallest absolute Gasteiger partial charge is 0.293 e. The molecule has 3 rings (SSSR count). The number of nitrogens with one attached hydrogen (secondary N) is 2. The molecule has 0 aliphatic rings. The first-order chi connectivity index (χ1) is 15.5. The van der Waals surface area contributed by atoms with Gasteiger partial charge in [-0.25, -0.2) is 9.97 Å². The molecule has 0 amide bonds. The molecule has 0 aliphatic heterocycles. The summed E-state index contributed by atoms with van der Waals surface area (Å²) >= 11 is 0. The van der Waals surface area contributed by atoms with Crippen LogP contribution in [-0.2, 0) is 6.54 Å². The molecule has 0 radical (unpaired) electrons. The van der Waals surface area contributed by atoms with E-state index in [1.54, 1.807) is 6.07 Å². The lowest BCUT2D eigenvalue weighted by atomic mass is 10.1. The number of nitro groups is 1. The molecule has 32 heavy (non-hydrogen) atoms. The van der Waals surface area contributed by atoms with E-state index in [0.29, 0.717) is 42.1 Å². The summed E-state index contributed by atoms with van der Waals surface area (Å²) in [7, 11) is 0. The van der Waals surface area contributed by atoms with Gasteiger partial charge in [-0.05, 0) is 43.8 Å². The first kappa shape index (κ1) is 23.2. The normalized spacial score (nSPS) is 11.0. The summed E-state index contributed by atoms with van der Waals surface area (Å²) in [6.45, 7) is 10.9. The van der Waals surface area contributed by atoms with Crippen LogP contribution in [0.25, 0.3) is 10.9 Å². The molecule has 0 fully saturated rings. The predicted octanol–water partition coefficient (Wildman–Crippen LogP) is 4.30. The lowest BCUT2D eigenvalue weighted by Gasteiger charge is -2.18. The zero-order chi connectivity index (χ0) is 22.9. The highest BCUT2D eigenvalue weighted by Gasteiger charge is 2.17. The number of fused-ring (bicyclic) bond motifs is 1. The molecule has 9 heteroatoms. The standard InChI is InChI=1S/C23H30N6O3/c1-4-24-21-14-20-19(13-22(21)29(30)31)23(27-16-26-20)25-15-17-7-9-18(10-8-17)32-12-11-28(5-2)6-3/h7-10,13-14,16,24H,4-6,11-12,15H2,1-3H3,(H,25,26,27). The number of aromatic nitrogens is 2. The fourth-order valence-electron chi connectivity index (χ4n) is 3.44. The molecule has 0 atom stereocenters. The summed E-state index contributed by atoms with van der Waals surface area (Å²) in [6, 6.07) is 11.1. The Kier molecular flexibility index (Phi) is 8.15. The number of hydrogen-bond acceptors (Lipinski definition) is 8. The van der Waals surface area contributed by atoms with Crippen molar-refractivity contribution in [2.24, 2.45) is 0 Å². The number of likely N-dealkylation sites (N-methyl/N-ethyl adjacent to an activating group) is 1. The summed E-state index contributed by atoms with van der Waals surface area (Å²) in [6.07, 6.45) is 1.46. The van der Waals surface area contributed by atoms with Gasteiger partial charge >= 0.3 is 0 Å². The van der Waals surface area contributed by atoms with E-state index in [-0.39, 0.29) is 5.69 Å². The monoisotopic (exact) mass is 438 g/mol. The van der Waals surface area contributed by atoms with Crippen LogP contribution in [0.2, 0.25) is 0 Å². The lowest BCUT2D eigenvalue weighted by Crippen LogP contribution is -2.27. The van der Waals surface area contributed by atoms with E-state index in [1.807, 2.05) is 31.2 Å². The highest BCUT2D eigenvalue weighted by molar-refractivity contribution is 5.94. The van der Waals surface area contributed by atoms with Crippen LogP contribution in [0.4, 0.5) is 17.2 Å². The molecule has 0 bridgehead atoms. The third-order valence-corrected chi connectivity index (χ3v) is 5.27. The molecule has 0 aliphatic carbocycles. The van der Waals surface area contributed by atoms with Crippen molar-refractivity contribution in [2.75, 3.05) is 43.4 Å². The van der Waals surface area contributed by atoms with Crippen LogP contribution in [0.1, 0.15) is 26.3 Å². The number of nitrogens with zero attached hydrogens (tertiary/aromatic N) is 4. The van der Waals surface area contributed by atoms with Crippen molar-refractivity contribution in [3.63, 3.8) is 0 Å². The van der Waals surface area contributed by atoms with Crippen LogP contribution < -0.4 is 15.4 Å². The van der Waals surface area contributed by atoms with E-state index in [4.69, 9.17) is 4.74 Å². The number of benzene rings is 2. The fourth-order valence-corrected chi connectivity index (χ4v) is 3.44. The number of rotatable bonds is 12. The first-order valence-corrected chi connectivity index (χ1v) is 10.9. The van der Waals surface area contributed by atoms with E-state index in [9.17, 15) is 10.1 Å². The number of ether oxygens (including phenoxy) is 1. The Bertz CT molecular complexity index is 1040. The van der Waals surface area contributed by atoms with E-state index >= 15 is 0 Å². The largest absolute Gasteiger partial charge is 0.492 e. The Labute approximate surface area is 188 Å². The zero-order valence-corrected chi connectivity index (χ0v) is 18.8. The van der Waals surface area contributed by atoms with Gasteiger partial charge in [0.25, 0.3) is 5.69 Å². The second-order valence-electron chi connectivity index (χ2n) is 7.27. The molecule has 0 saturated heterocycles. The van der Waals surface area contributed by atoms with Gasteiger partial charge in [-0.15, -0.1) is 0 Å². The van der Waals surface area contributed by atoms with Crippen LogP contribution in [-0.4, -0.2) is 52.6 Å². The van der Waals surface area contributed by atoms with Crippen LogP contribution in [0.3, 0.4) is 0 Å². The third kappa shape index (κ3) is 5.82. The molecule has 1 heterocycles. The molecule has 0 spiro atoms. The van der Waals surface area contributed by atoms with Gasteiger partial charge in [-0.2, -0.15) is 0 Å². The fraction of sp³-hybridized carbons (Fsp3) is 0.391.